The number of amides is 3. The molecular formula is C17H17ClF2N2O4. The van der Waals surface area contributed by atoms with Gasteiger partial charge in [0.15, 0.2) is 0 Å². The second-order valence-electron chi connectivity index (χ2n) is 6.33. The Balaban J connectivity index is 1.63. The van der Waals surface area contributed by atoms with Crippen LogP contribution in [0.25, 0.3) is 0 Å². The summed E-state index contributed by atoms with van der Waals surface area (Å²) in [7, 11) is 0. The maximum absolute atomic E-state index is 12.4. The number of imide groups is 1. The summed E-state index contributed by atoms with van der Waals surface area (Å²) in [4.78, 5) is 37.9. The van der Waals surface area contributed by atoms with Crippen molar-refractivity contribution >= 4 is 35.0 Å². The molecule has 0 unspecified atom stereocenters. The summed E-state index contributed by atoms with van der Waals surface area (Å²) in [6.07, 6.45) is 3.17. The minimum atomic E-state index is -3.01. The second-order valence-corrected chi connectivity index (χ2v) is 6.74. The zero-order valence-corrected chi connectivity index (χ0v) is 14.5. The molecule has 2 aliphatic rings. The molecule has 1 saturated carbocycles. The third kappa shape index (κ3) is 3.80. The first-order valence-electron chi connectivity index (χ1n) is 8.26. The van der Waals surface area contributed by atoms with Gasteiger partial charge in [0.1, 0.15) is 12.3 Å². The number of alkyl halides is 2. The highest BCUT2D eigenvalue weighted by atomic mass is 35.5. The highest BCUT2D eigenvalue weighted by molar-refractivity contribution is 6.32. The van der Waals surface area contributed by atoms with E-state index < -0.39 is 12.5 Å². The van der Waals surface area contributed by atoms with Crippen molar-refractivity contribution in [2.24, 2.45) is 11.8 Å². The minimum Gasteiger partial charge on any atom is -0.433 e. The number of fused-ring (bicyclic) bond motifs is 1. The molecule has 1 aromatic rings. The first kappa shape index (κ1) is 18.6. The Morgan fingerprint density at radius 1 is 1.23 bits per heavy atom. The predicted octanol–water partition coefficient (Wildman–Crippen LogP) is 3.06. The van der Waals surface area contributed by atoms with Crippen molar-refractivity contribution in [2.45, 2.75) is 32.3 Å². The number of hydrogen-bond acceptors (Lipinski definition) is 4. The fourth-order valence-electron chi connectivity index (χ4n) is 3.50. The van der Waals surface area contributed by atoms with Gasteiger partial charge in [-0.1, -0.05) is 24.4 Å². The molecule has 2 atom stereocenters. The standard InChI is InChI=1S/C17H17ClF2N2O4/c18-12-7-9(5-6-13(12)26-17(19)20)21-14(23)8-22-15(24)10-3-1-2-4-11(10)16(22)25/h5-7,10-11,17H,1-4,8H2,(H,21,23)/t10-,11+. The molecule has 3 amide bonds. The van der Waals surface area contributed by atoms with E-state index in [0.717, 1.165) is 17.7 Å². The molecule has 1 heterocycles. The number of carbonyl (C=O) groups is 3. The highest BCUT2D eigenvalue weighted by Gasteiger charge is 2.48. The summed E-state index contributed by atoms with van der Waals surface area (Å²) in [5, 5.41) is 2.41. The van der Waals surface area contributed by atoms with E-state index in [0.29, 0.717) is 12.8 Å². The monoisotopic (exact) mass is 386 g/mol. The number of nitrogens with one attached hydrogen (secondary N) is 1. The summed E-state index contributed by atoms with van der Waals surface area (Å²) in [5.74, 6) is -2.01. The summed E-state index contributed by atoms with van der Waals surface area (Å²) in [6.45, 7) is -3.39. The van der Waals surface area contributed by atoms with Crippen LogP contribution in [0, 0.1) is 11.8 Å². The first-order chi connectivity index (χ1) is 12.4. The highest BCUT2D eigenvalue weighted by Crippen LogP contribution is 2.38. The van der Waals surface area contributed by atoms with Gasteiger partial charge in [-0.2, -0.15) is 8.78 Å². The third-order valence-electron chi connectivity index (χ3n) is 4.67. The number of halogens is 3. The molecule has 3 rings (SSSR count). The van der Waals surface area contributed by atoms with Gasteiger partial charge in [0.05, 0.1) is 16.9 Å². The van der Waals surface area contributed by atoms with E-state index in [9.17, 15) is 23.2 Å². The summed E-state index contributed by atoms with van der Waals surface area (Å²) >= 11 is 5.83. The van der Waals surface area contributed by atoms with Crippen molar-refractivity contribution in [1.29, 1.82) is 0 Å². The molecule has 0 bridgehead atoms. The molecule has 1 N–H and O–H groups in total. The van der Waals surface area contributed by atoms with Crippen LogP contribution in [-0.2, 0) is 14.4 Å². The lowest BCUT2D eigenvalue weighted by molar-refractivity contribution is -0.142. The molecule has 1 aliphatic carbocycles. The van der Waals surface area contributed by atoms with Crippen LogP contribution in [0.1, 0.15) is 25.7 Å². The average molecular weight is 387 g/mol. The summed E-state index contributed by atoms with van der Waals surface area (Å²) < 4.78 is 28.7. The molecule has 6 nitrogen and oxygen atoms in total. The molecule has 2 fully saturated rings. The van der Waals surface area contributed by atoms with E-state index in [4.69, 9.17) is 11.6 Å². The summed E-state index contributed by atoms with van der Waals surface area (Å²) in [5.41, 5.74) is 0.248. The fourth-order valence-corrected chi connectivity index (χ4v) is 3.73. The Hall–Kier alpha value is -2.22. The van der Waals surface area contributed by atoms with Crippen LogP contribution < -0.4 is 10.1 Å². The lowest BCUT2D eigenvalue weighted by Gasteiger charge is -2.19. The lowest BCUT2D eigenvalue weighted by atomic mass is 9.81. The first-order valence-corrected chi connectivity index (χ1v) is 8.64. The van der Waals surface area contributed by atoms with Crippen molar-refractivity contribution in [3.8, 4) is 5.75 Å². The van der Waals surface area contributed by atoms with Crippen LogP contribution >= 0.6 is 11.6 Å². The molecule has 0 aromatic heterocycles. The maximum Gasteiger partial charge on any atom is 0.387 e. The van der Waals surface area contributed by atoms with Crippen LogP contribution in [0.4, 0.5) is 14.5 Å². The Bertz CT molecular complexity index is 719. The topological polar surface area (TPSA) is 75.7 Å². The molecule has 1 aromatic carbocycles. The number of likely N-dealkylation sites (tertiary alicyclic amines) is 1. The van der Waals surface area contributed by atoms with Gasteiger partial charge in [0.2, 0.25) is 17.7 Å². The molecular weight excluding hydrogens is 370 g/mol. The van der Waals surface area contributed by atoms with Gasteiger partial charge in [-0.15, -0.1) is 0 Å². The van der Waals surface area contributed by atoms with E-state index in [-0.39, 0.29) is 46.7 Å². The maximum atomic E-state index is 12.4. The van der Waals surface area contributed by atoms with Crippen molar-refractivity contribution in [3.05, 3.63) is 23.2 Å². The van der Waals surface area contributed by atoms with Crippen molar-refractivity contribution < 1.29 is 27.9 Å². The average Bonchev–Trinajstić information content (AvgIpc) is 2.82. The predicted molar refractivity (Wildman–Crippen MR) is 88.9 cm³/mol. The molecule has 0 spiro atoms. The Labute approximate surface area is 153 Å². The van der Waals surface area contributed by atoms with Crippen LogP contribution in [-0.4, -0.2) is 35.8 Å². The van der Waals surface area contributed by atoms with E-state index in [1.54, 1.807) is 0 Å². The van der Waals surface area contributed by atoms with E-state index >= 15 is 0 Å². The molecule has 9 heteroatoms. The SMILES string of the molecule is O=C(CN1C(=O)[C@H]2CCCC[C@H]2C1=O)Nc1ccc(OC(F)F)c(Cl)c1. The molecule has 26 heavy (non-hydrogen) atoms. The van der Waals surface area contributed by atoms with Gasteiger partial charge >= 0.3 is 6.61 Å². The van der Waals surface area contributed by atoms with Crippen LogP contribution in [0.15, 0.2) is 18.2 Å². The zero-order valence-electron chi connectivity index (χ0n) is 13.7. The van der Waals surface area contributed by atoms with Crippen LogP contribution in [0.2, 0.25) is 5.02 Å². The normalized spacial score (nSPS) is 22.5. The van der Waals surface area contributed by atoms with Gasteiger partial charge < -0.3 is 10.1 Å². The second kappa shape index (κ2) is 7.57. The van der Waals surface area contributed by atoms with Gasteiger partial charge in [-0.05, 0) is 31.0 Å². The number of hydrogen-bond donors (Lipinski definition) is 1. The van der Waals surface area contributed by atoms with E-state index in [2.05, 4.69) is 10.1 Å². The van der Waals surface area contributed by atoms with Crippen molar-refractivity contribution in [3.63, 3.8) is 0 Å². The van der Waals surface area contributed by atoms with Gasteiger partial charge in [-0.25, -0.2) is 0 Å². The zero-order chi connectivity index (χ0) is 18.8. The smallest absolute Gasteiger partial charge is 0.387 e. The number of rotatable bonds is 5. The van der Waals surface area contributed by atoms with Crippen molar-refractivity contribution in [2.75, 3.05) is 11.9 Å². The number of nitrogens with zero attached hydrogens (tertiary/aromatic N) is 1. The lowest BCUT2D eigenvalue weighted by Crippen LogP contribution is -2.38. The van der Waals surface area contributed by atoms with E-state index in [1.165, 1.54) is 18.2 Å². The van der Waals surface area contributed by atoms with Crippen LogP contribution in [0.3, 0.4) is 0 Å². The number of anilines is 1. The quantitative estimate of drug-likeness (QED) is 0.789. The molecule has 0 radical (unpaired) electrons. The van der Waals surface area contributed by atoms with Crippen LogP contribution in [0.5, 0.6) is 5.75 Å². The number of carbonyl (C=O) groups excluding carboxylic acids is 3. The number of ether oxygens (including phenoxy) is 1. The van der Waals surface area contributed by atoms with Gasteiger partial charge in [0.25, 0.3) is 0 Å². The third-order valence-corrected chi connectivity index (χ3v) is 4.96. The Kier molecular flexibility index (Phi) is 5.41. The minimum absolute atomic E-state index is 0.0950. The van der Waals surface area contributed by atoms with E-state index in [1.807, 2.05) is 0 Å². The Morgan fingerprint density at radius 2 is 1.85 bits per heavy atom. The van der Waals surface area contributed by atoms with Crippen molar-refractivity contribution in [1.82, 2.24) is 4.90 Å². The molecule has 140 valence electrons. The number of benzene rings is 1. The largest absolute Gasteiger partial charge is 0.433 e. The Morgan fingerprint density at radius 3 is 2.38 bits per heavy atom. The molecule has 1 saturated heterocycles. The summed E-state index contributed by atoms with van der Waals surface area (Å²) in [6, 6.07) is 3.80. The fraction of sp³-hybridized carbons (Fsp3) is 0.471. The van der Waals surface area contributed by atoms with Gasteiger partial charge in [-0.3, -0.25) is 19.3 Å². The molecule has 1 aliphatic heterocycles. The van der Waals surface area contributed by atoms with Gasteiger partial charge in [0, 0.05) is 5.69 Å².